The van der Waals surface area contributed by atoms with Crippen molar-refractivity contribution in [2.75, 3.05) is 32.2 Å². The normalized spacial score (nSPS) is 11.6. The first-order valence-electron chi connectivity index (χ1n) is 9.79. The van der Waals surface area contributed by atoms with Gasteiger partial charge in [-0.25, -0.2) is 17.5 Å². The Hall–Kier alpha value is -3.58. The molecule has 2 N–H and O–H groups in total. The van der Waals surface area contributed by atoms with E-state index in [2.05, 4.69) is 24.8 Å². The summed E-state index contributed by atoms with van der Waals surface area (Å²) in [6.45, 7) is -1.04. The molecule has 11 nitrogen and oxygen atoms in total. The number of benzene rings is 1. The van der Waals surface area contributed by atoms with Crippen LogP contribution in [-0.2, 0) is 17.1 Å². The van der Waals surface area contributed by atoms with Crippen LogP contribution in [0.1, 0.15) is 0 Å². The number of nitrogens with zero attached hydrogens (tertiary/aromatic N) is 4. The fourth-order valence-corrected chi connectivity index (χ4v) is 4.76. The highest BCUT2D eigenvalue weighted by Crippen LogP contribution is 2.38. The monoisotopic (exact) mass is 510 g/mol. The lowest BCUT2D eigenvalue weighted by atomic mass is 10.1. The molecule has 180 valence electrons. The molecular formula is C20H20ClFN6O5S. The van der Waals surface area contributed by atoms with Gasteiger partial charge in [-0.3, -0.25) is 4.68 Å². The van der Waals surface area contributed by atoms with Gasteiger partial charge in [0.15, 0.2) is 0 Å². The predicted molar refractivity (Wildman–Crippen MR) is 123 cm³/mol. The third-order valence-corrected chi connectivity index (χ3v) is 6.47. The number of alkyl halides is 1. The molecule has 0 aliphatic carbocycles. The summed E-state index contributed by atoms with van der Waals surface area (Å²) < 4.78 is 58.5. The Morgan fingerprint density at radius 3 is 2.50 bits per heavy atom. The maximum Gasteiger partial charge on any atom is 0.266 e. The number of ether oxygens (including phenoxy) is 3. The lowest BCUT2D eigenvalue weighted by Crippen LogP contribution is -2.16. The van der Waals surface area contributed by atoms with Crippen LogP contribution < -0.4 is 18.9 Å². The third-order valence-electron chi connectivity index (χ3n) is 4.79. The molecule has 0 bridgehead atoms. The summed E-state index contributed by atoms with van der Waals surface area (Å²) in [5, 5.41) is 4.98. The average molecular weight is 511 g/mol. The minimum atomic E-state index is -4.17. The molecular weight excluding hydrogens is 491 g/mol. The van der Waals surface area contributed by atoms with Crippen LogP contribution in [0.15, 0.2) is 35.6 Å². The van der Waals surface area contributed by atoms with Gasteiger partial charge in [0.1, 0.15) is 18.2 Å². The van der Waals surface area contributed by atoms with Crippen LogP contribution in [0, 0.1) is 0 Å². The van der Waals surface area contributed by atoms with Crippen LogP contribution >= 0.6 is 11.6 Å². The number of aryl methyl sites for hydroxylation is 1. The van der Waals surface area contributed by atoms with Crippen LogP contribution in [0.25, 0.3) is 22.0 Å². The van der Waals surface area contributed by atoms with Crippen LogP contribution in [0.2, 0.25) is 5.02 Å². The van der Waals surface area contributed by atoms with Crippen molar-refractivity contribution in [2.45, 2.75) is 4.90 Å². The highest BCUT2D eigenvalue weighted by atomic mass is 35.5. The number of fused-ring (bicyclic) bond motifs is 1. The van der Waals surface area contributed by atoms with Gasteiger partial charge >= 0.3 is 0 Å². The number of rotatable bonds is 9. The first-order chi connectivity index (χ1) is 16.3. The molecule has 3 heterocycles. The second-order valence-electron chi connectivity index (χ2n) is 6.94. The minimum Gasteiger partial charge on any atom is -0.481 e. The van der Waals surface area contributed by atoms with Crippen molar-refractivity contribution in [3.05, 3.63) is 35.7 Å². The van der Waals surface area contributed by atoms with E-state index in [1.165, 1.54) is 20.4 Å². The number of sulfonamides is 1. The molecule has 0 amide bonds. The Morgan fingerprint density at radius 2 is 1.91 bits per heavy atom. The molecule has 1 aromatic carbocycles. The molecule has 0 radical (unpaired) electrons. The molecule has 0 atom stereocenters. The van der Waals surface area contributed by atoms with Gasteiger partial charge in [-0.2, -0.15) is 15.1 Å². The molecule has 0 aliphatic heterocycles. The molecule has 0 fully saturated rings. The number of aromatic nitrogens is 5. The van der Waals surface area contributed by atoms with E-state index in [0.29, 0.717) is 21.5 Å². The predicted octanol–water partition coefficient (Wildman–Crippen LogP) is 3.18. The van der Waals surface area contributed by atoms with E-state index in [9.17, 15) is 12.8 Å². The van der Waals surface area contributed by atoms with Crippen molar-refractivity contribution >= 4 is 38.5 Å². The summed E-state index contributed by atoms with van der Waals surface area (Å²) in [6.07, 6.45) is 4.75. The highest BCUT2D eigenvalue weighted by Gasteiger charge is 2.25. The van der Waals surface area contributed by atoms with Gasteiger partial charge in [0, 0.05) is 36.0 Å². The molecule has 0 saturated carbocycles. The Balaban J connectivity index is 1.75. The van der Waals surface area contributed by atoms with Gasteiger partial charge in [-0.1, -0.05) is 11.6 Å². The number of halogens is 2. The molecule has 4 rings (SSSR count). The Bertz CT molecular complexity index is 1430. The molecule has 3 aromatic heterocycles. The minimum absolute atomic E-state index is 0.0477. The van der Waals surface area contributed by atoms with Crippen LogP contribution in [0.4, 0.5) is 10.3 Å². The van der Waals surface area contributed by atoms with E-state index in [-0.39, 0.29) is 35.0 Å². The Labute approximate surface area is 198 Å². The Morgan fingerprint density at radius 1 is 1.21 bits per heavy atom. The van der Waals surface area contributed by atoms with Crippen molar-refractivity contribution in [1.82, 2.24) is 24.7 Å². The first kappa shape index (κ1) is 23.6. The summed E-state index contributed by atoms with van der Waals surface area (Å²) in [7, 11) is 0.196. The smallest absolute Gasteiger partial charge is 0.266 e. The van der Waals surface area contributed by atoms with E-state index in [0.717, 1.165) is 5.56 Å². The van der Waals surface area contributed by atoms with Gasteiger partial charge in [-0.05, 0) is 12.1 Å². The lowest BCUT2D eigenvalue weighted by Gasteiger charge is -2.14. The van der Waals surface area contributed by atoms with E-state index in [1.807, 2.05) is 0 Å². The zero-order valence-corrected chi connectivity index (χ0v) is 19.9. The van der Waals surface area contributed by atoms with Gasteiger partial charge in [0.25, 0.3) is 21.8 Å². The highest BCUT2D eigenvalue weighted by molar-refractivity contribution is 7.93. The topological polar surface area (TPSA) is 133 Å². The van der Waals surface area contributed by atoms with E-state index in [1.54, 1.807) is 36.3 Å². The second kappa shape index (κ2) is 9.35. The molecule has 4 aromatic rings. The number of anilines is 1. The van der Waals surface area contributed by atoms with Crippen molar-refractivity contribution < 1.29 is 27.0 Å². The van der Waals surface area contributed by atoms with Gasteiger partial charge in [0.2, 0.25) is 11.7 Å². The molecule has 0 saturated heterocycles. The summed E-state index contributed by atoms with van der Waals surface area (Å²) in [4.78, 5) is 11.0. The molecule has 14 heteroatoms. The molecule has 0 aliphatic rings. The van der Waals surface area contributed by atoms with Crippen LogP contribution in [-0.4, -0.2) is 60.7 Å². The standard InChI is InChI=1S/C20H20ClFN6O5S/c1-28-10-11(8-24-28)15-13(21)5-4-12-14(9-23-16(12)15)34(29,30)27-20-25-18(31-2)17(33-7-6-22)19(26-20)32-3/h4-5,8-10,23H,6-7H2,1-3H3,(H,25,26,27). The quantitative estimate of drug-likeness (QED) is 0.351. The van der Waals surface area contributed by atoms with Crippen LogP contribution in [0.5, 0.6) is 17.5 Å². The van der Waals surface area contributed by atoms with Crippen LogP contribution in [0.3, 0.4) is 0 Å². The first-order valence-corrected chi connectivity index (χ1v) is 11.6. The zero-order valence-electron chi connectivity index (χ0n) is 18.3. The van der Waals surface area contributed by atoms with E-state index in [4.69, 9.17) is 25.8 Å². The average Bonchev–Trinajstić information content (AvgIpc) is 3.43. The number of methoxy groups -OCH3 is 2. The van der Waals surface area contributed by atoms with Gasteiger partial charge in [-0.15, -0.1) is 0 Å². The summed E-state index contributed by atoms with van der Waals surface area (Å²) in [5.74, 6) is -0.615. The fourth-order valence-electron chi connectivity index (χ4n) is 3.37. The SMILES string of the molecule is COc1nc(NS(=O)(=O)c2c[nH]c3c(-c4cnn(C)c4)c(Cl)ccc23)nc(OC)c1OCCF. The Kier molecular flexibility index (Phi) is 6.48. The largest absolute Gasteiger partial charge is 0.481 e. The van der Waals surface area contributed by atoms with Crippen molar-refractivity contribution in [3.8, 4) is 28.6 Å². The number of hydrogen-bond acceptors (Lipinski definition) is 8. The van der Waals surface area contributed by atoms with E-state index < -0.39 is 16.7 Å². The molecule has 0 unspecified atom stereocenters. The lowest BCUT2D eigenvalue weighted by molar-refractivity contribution is 0.240. The zero-order chi connectivity index (χ0) is 24.5. The summed E-state index contributed by atoms with van der Waals surface area (Å²) in [5.41, 5.74) is 1.85. The van der Waals surface area contributed by atoms with Gasteiger partial charge in [0.05, 0.1) is 31.0 Å². The molecule has 34 heavy (non-hydrogen) atoms. The maximum absolute atomic E-state index is 13.2. The van der Waals surface area contributed by atoms with Crippen molar-refractivity contribution in [1.29, 1.82) is 0 Å². The van der Waals surface area contributed by atoms with Crippen molar-refractivity contribution in [2.24, 2.45) is 7.05 Å². The summed E-state index contributed by atoms with van der Waals surface area (Å²) in [6, 6.07) is 3.21. The summed E-state index contributed by atoms with van der Waals surface area (Å²) >= 11 is 6.41. The maximum atomic E-state index is 13.2. The van der Waals surface area contributed by atoms with Crippen molar-refractivity contribution in [3.63, 3.8) is 0 Å². The number of nitrogens with one attached hydrogen (secondary N) is 2. The fraction of sp³-hybridized carbons (Fsp3) is 0.250. The van der Waals surface area contributed by atoms with Gasteiger partial charge < -0.3 is 19.2 Å². The number of aromatic amines is 1. The number of H-pyrrole nitrogens is 1. The second-order valence-corrected chi connectivity index (χ2v) is 9.00. The molecule has 0 spiro atoms. The van der Waals surface area contributed by atoms with E-state index >= 15 is 0 Å². The number of hydrogen-bond donors (Lipinski definition) is 2. The third kappa shape index (κ3) is 4.31.